The molecule has 0 N–H and O–H groups in total. The fourth-order valence-electron chi connectivity index (χ4n) is 11.6. The van der Waals surface area contributed by atoms with Crippen LogP contribution in [0.3, 0.4) is 0 Å². The number of aryl methyl sites for hydroxylation is 1. The van der Waals surface area contributed by atoms with Crippen molar-refractivity contribution in [3.8, 4) is 17.2 Å². The van der Waals surface area contributed by atoms with Crippen molar-refractivity contribution in [2.45, 2.75) is 121 Å². The van der Waals surface area contributed by atoms with Gasteiger partial charge >= 0.3 is 5.97 Å². The molecular weight excluding hydrogens is 938 g/mol. The van der Waals surface area contributed by atoms with Gasteiger partial charge in [0.05, 0.1) is 44.3 Å². The predicted octanol–water partition coefficient (Wildman–Crippen LogP) is 10.6. The Kier molecular flexibility index (Phi) is 15.5. The smallest absolute Gasteiger partial charge is 0.338 e. The molecule has 71 heavy (non-hydrogen) atoms. The number of halogens is 1. The number of carbonyl (C=O) groups is 1. The molecule has 0 amide bonds. The first-order valence-corrected chi connectivity index (χ1v) is 27.3. The Bertz CT molecular complexity index is 2600. The second kappa shape index (κ2) is 21.5. The van der Waals surface area contributed by atoms with Crippen molar-refractivity contribution < 1.29 is 41.6 Å². The molecule has 3 aliphatic carbocycles. The highest BCUT2D eigenvalue weighted by Crippen LogP contribution is 2.49. The third kappa shape index (κ3) is 11.3. The Labute approximate surface area is 426 Å². The molecule has 2 heterocycles. The minimum absolute atomic E-state index is 0.0122. The van der Waals surface area contributed by atoms with E-state index in [2.05, 4.69) is 30.0 Å². The van der Waals surface area contributed by atoms with Gasteiger partial charge in [-0.1, -0.05) is 48.0 Å². The van der Waals surface area contributed by atoms with Gasteiger partial charge in [0.1, 0.15) is 22.8 Å². The van der Waals surface area contributed by atoms with Crippen LogP contribution >= 0.6 is 11.6 Å². The Morgan fingerprint density at radius 2 is 1.59 bits per heavy atom. The molecule has 382 valence electrons. The van der Waals surface area contributed by atoms with Crippen LogP contribution < -0.4 is 19.1 Å². The van der Waals surface area contributed by atoms with Crippen molar-refractivity contribution in [3.63, 3.8) is 0 Å². The largest absolute Gasteiger partial charge is 0.497 e. The molecule has 2 fully saturated rings. The fraction of sp³-hybridized carbons (Fsp3) is 0.526. The van der Waals surface area contributed by atoms with Gasteiger partial charge in [-0.15, -0.1) is 0 Å². The van der Waals surface area contributed by atoms with Gasteiger partial charge < -0.3 is 33.3 Å². The average molecular weight is 1010 g/mol. The van der Waals surface area contributed by atoms with Crippen molar-refractivity contribution >= 4 is 33.5 Å². The first-order valence-electron chi connectivity index (χ1n) is 25.5. The zero-order valence-electron chi connectivity index (χ0n) is 42.5. The molecule has 5 aliphatic rings. The van der Waals surface area contributed by atoms with Gasteiger partial charge in [0.25, 0.3) is 10.2 Å². The molecule has 0 bridgehead atoms. The van der Waals surface area contributed by atoms with E-state index in [0.29, 0.717) is 36.2 Å². The van der Waals surface area contributed by atoms with Gasteiger partial charge in [0.15, 0.2) is 0 Å². The van der Waals surface area contributed by atoms with Crippen molar-refractivity contribution in [3.05, 3.63) is 129 Å². The van der Waals surface area contributed by atoms with E-state index in [4.69, 9.17) is 40.0 Å². The van der Waals surface area contributed by atoms with Crippen LogP contribution in [0.4, 0.5) is 5.69 Å². The zero-order chi connectivity index (χ0) is 50.1. The molecule has 14 heteroatoms. The summed E-state index contributed by atoms with van der Waals surface area (Å²) in [7, 11) is 1.01. The third-order valence-corrected chi connectivity index (χ3v) is 17.9. The average Bonchev–Trinajstić information content (AvgIpc) is 3.80. The molecule has 7 atom stereocenters. The number of carbonyl (C=O) groups excluding carboxylic acids is 1. The van der Waals surface area contributed by atoms with Gasteiger partial charge in [-0.2, -0.15) is 17.0 Å². The molecule has 2 aliphatic heterocycles. The molecule has 1 spiro atoms. The summed E-state index contributed by atoms with van der Waals surface area (Å²) in [4.78, 5) is 16.0. The molecular formula is C57H72ClN3O9S. The van der Waals surface area contributed by atoms with E-state index in [-0.39, 0.29) is 61.1 Å². The van der Waals surface area contributed by atoms with Crippen LogP contribution in [-0.2, 0) is 49.3 Å². The van der Waals surface area contributed by atoms with Crippen LogP contribution in [0.2, 0.25) is 5.02 Å². The predicted molar refractivity (Wildman–Crippen MR) is 278 cm³/mol. The number of methoxy groups -OCH3 is 3. The summed E-state index contributed by atoms with van der Waals surface area (Å²) >= 11 is 6.56. The summed E-state index contributed by atoms with van der Waals surface area (Å²) < 4.78 is 69.9. The monoisotopic (exact) mass is 1010 g/mol. The number of benzene rings is 4. The van der Waals surface area contributed by atoms with Gasteiger partial charge in [-0.3, -0.25) is 0 Å². The molecule has 0 aromatic heterocycles. The number of ether oxygens (including phenoxy) is 6. The number of hydrogen-bond acceptors (Lipinski definition) is 10. The number of esters is 1. The summed E-state index contributed by atoms with van der Waals surface area (Å²) in [6.07, 6.45) is 9.50. The molecule has 4 aromatic carbocycles. The number of anilines is 1. The summed E-state index contributed by atoms with van der Waals surface area (Å²) in [5, 5.41) is 0.746. The fourth-order valence-corrected chi connectivity index (χ4v) is 13.7. The van der Waals surface area contributed by atoms with E-state index in [9.17, 15) is 4.79 Å². The number of rotatable bonds is 18. The van der Waals surface area contributed by atoms with E-state index in [1.165, 1.54) is 16.7 Å². The Balaban J connectivity index is 0.970. The lowest BCUT2D eigenvalue weighted by atomic mass is 9.65. The molecule has 2 unspecified atom stereocenters. The zero-order valence-corrected chi connectivity index (χ0v) is 44.1. The Morgan fingerprint density at radius 3 is 2.18 bits per heavy atom. The van der Waals surface area contributed by atoms with Gasteiger partial charge in [0.2, 0.25) is 0 Å². The first-order chi connectivity index (χ1) is 34.1. The van der Waals surface area contributed by atoms with Crippen molar-refractivity contribution in [2.75, 3.05) is 59.1 Å². The van der Waals surface area contributed by atoms with E-state index in [0.717, 1.165) is 92.0 Å². The maximum Gasteiger partial charge on any atom is 0.338 e. The molecule has 12 nitrogen and oxygen atoms in total. The van der Waals surface area contributed by atoms with Crippen molar-refractivity contribution in [2.24, 2.45) is 17.8 Å². The lowest BCUT2D eigenvalue weighted by molar-refractivity contribution is -0.00116. The molecule has 9 rings (SSSR count). The topological polar surface area (TPSA) is 116 Å². The summed E-state index contributed by atoms with van der Waals surface area (Å²) in [6.45, 7) is 11.0. The minimum Gasteiger partial charge on any atom is -0.497 e. The number of nitrogens with zero attached hydrogens (tertiary/aromatic N) is 3. The highest BCUT2D eigenvalue weighted by molar-refractivity contribution is 7.86. The molecule has 4 aromatic rings. The highest BCUT2D eigenvalue weighted by Gasteiger charge is 2.48. The van der Waals surface area contributed by atoms with Gasteiger partial charge in [-0.05, 0) is 179 Å². The van der Waals surface area contributed by atoms with Crippen LogP contribution in [0.25, 0.3) is 0 Å². The number of fused-ring (bicyclic) bond motifs is 3. The minimum atomic E-state index is -4.04. The second-order valence-corrected chi connectivity index (χ2v) is 23.8. The van der Waals surface area contributed by atoms with Crippen molar-refractivity contribution in [1.82, 2.24) is 8.61 Å². The van der Waals surface area contributed by atoms with E-state index in [1.54, 1.807) is 22.8 Å². The van der Waals surface area contributed by atoms with Gasteiger partial charge in [0, 0.05) is 62.9 Å². The normalized spacial score (nSPS) is 23.9. The van der Waals surface area contributed by atoms with Crippen LogP contribution in [0.1, 0.15) is 105 Å². The van der Waals surface area contributed by atoms with Crippen LogP contribution in [0, 0.1) is 17.8 Å². The Hall–Kier alpha value is -4.63. The second-order valence-electron chi connectivity index (χ2n) is 21.5. The van der Waals surface area contributed by atoms with Crippen LogP contribution in [0.15, 0.2) is 96.6 Å². The van der Waals surface area contributed by atoms with E-state index in [1.807, 2.05) is 101 Å². The third-order valence-electron chi connectivity index (χ3n) is 15.7. The Morgan fingerprint density at radius 1 is 0.901 bits per heavy atom. The SMILES string of the molecule is COc1ccc(CN(Cc2ccc(OC)cc2)S(=O)(=O)N(CC2CCCO2)[C@@H](C)C2C=C([C@H](OC)[C@@H]3CC[C@H]3CN3C[C@@]4(CCCc5cc(Cl)ccc54)COc4ccc(C(=O)OC(C)(C)C)cc43)C2)cc1. The summed E-state index contributed by atoms with van der Waals surface area (Å²) in [5.74, 6) is 2.38. The van der Waals surface area contributed by atoms with Crippen LogP contribution in [-0.4, -0.2) is 101 Å². The highest BCUT2D eigenvalue weighted by atomic mass is 35.5. The van der Waals surface area contributed by atoms with Crippen molar-refractivity contribution in [1.29, 1.82) is 0 Å². The van der Waals surface area contributed by atoms with Gasteiger partial charge in [-0.25, -0.2) is 4.79 Å². The lowest BCUT2D eigenvalue weighted by Crippen LogP contribution is -2.53. The van der Waals surface area contributed by atoms with Crippen LogP contribution in [0.5, 0.6) is 17.2 Å². The standard InChI is InChI=1S/C57H72ClN3O9S/c1-38(61(35-49-11-9-27-68-49)71(63,64)60(32-39-12-19-47(65-5)20-13-39)33-40-14-21-48(66-6)22-15-40)44-28-45(29-44)54(67-7)50-23-16-43(50)34-59-36-57(26-8-10-41-30-46(58)18-24-51(41)57)37-69-53-25-17-42(31-52(53)59)55(62)70-56(2,3)4/h12-15,17-22,24-25,28,30-31,38,43-44,49-50,54H,8-11,16,23,26-27,29,32-37H2,1-7H3/t38-,43-,44?,49?,50+,54-,57-/m0/s1. The molecule has 1 saturated carbocycles. The maximum absolute atomic E-state index is 15.3. The quantitative estimate of drug-likeness (QED) is 0.0705. The molecule has 1 saturated heterocycles. The summed E-state index contributed by atoms with van der Waals surface area (Å²) in [6, 6.07) is 26.8. The van der Waals surface area contributed by atoms with E-state index < -0.39 is 15.8 Å². The molecule has 0 radical (unpaired) electrons. The number of hydrogen-bond donors (Lipinski definition) is 0. The van der Waals surface area contributed by atoms with E-state index >= 15 is 8.42 Å². The summed E-state index contributed by atoms with van der Waals surface area (Å²) in [5.41, 5.74) is 6.02. The maximum atomic E-state index is 15.3. The first kappa shape index (κ1) is 51.3. The lowest BCUT2D eigenvalue weighted by Gasteiger charge is -2.48.